The van der Waals surface area contributed by atoms with E-state index in [1.807, 2.05) is 0 Å². The van der Waals surface area contributed by atoms with Crippen LogP contribution >= 0.6 is 0 Å². The van der Waals surface area contributed by atoms with E-state index in [4.69, 9.17) is 4.74 Å². The minimum absolute atomic E-state index is 0.161. The van der Waals surface area contributed by atoms with Crippen molar-refractivity contribution in [3.05, 3.63) is 219 Å². The highest BCUT2D eigenvalue weighted by Crippen LogP contribution is 2.73. The van der Waals surface area contributed by atoms with E-state index in [0.717, 1.165) is 41.6 Å². The van der Waals surface area contributed by atoms with Crippen LogP contribution in [0.2, 0.25) is 0 Å². The lowest BCUT2D eigenvalue weighted by molar-refractivity contribution is -0.0758. The fraction of sp³-hybridized carbons (Fsp3) is 0.263. The molecule has 4 saturated carbocycles. The van der Waals surface area contributed by atoms with Gasteiger partial charge in [-0.15, -0.1) is 0 Å². The van der Waals surface area contributed by atoms with Crippen molar-refractivity contribution in [1.82, 2.24) is 0 Å². The highest BCUT2D eigenvalue weighted by atomic mass is 16.5. The molecule has 8 aliphatic carbocycles. The van der Waals surface area contributed by atoms with E-state index < -0.39 is 5.41 Å². The lowest BCUT2D eigenvalue weighted by Crippen LogP contribution is -2.57. The zero-order valence-electron chi connectivity index (χ0n) is 32.8. The van der Waals surface area contributed by atoms with Crippen LogP contribution in [-0.4, -0.2) is 0 Å². The molecule has 0 aromatic heterocycles. The lowest BCUT2D eigenvalue weighted by atomic mass is 9.41. The summed E-state index contributed by atoms with van der Waals surface area (Å²) in [6.07, 6.45) is 15.8. The SMILES string of the molecule is C1=CC2C(C(c3ccccc3C3CC4=C(Oc5ccccc5C45c4ccccc4-c4ccccc45)c4ccccc43)=C1)c1ccccc1C21C2CC3CC(C2)CC1C3. The summed E-state index contributed by atoms with van der Waals surface area (Å²) in [7, 11) is 0. The Morgan fingerprint density at radius 2 is 1.02 bits per heavy atom. The van der Waals surface area contributed by atoms with E-state index in [2.05, 4.69) is 164 Å². The molecule has 1 heterocycles. The third kappa shape index (κ3) is 3.85. The number of fused-ring (bicyclic) bond motifs is 13. The third-order valence-corrected chi connectivity index (χ3v) is 16.9. The van der Waals surface area contributed by atoms with Gasteiger partial charge in [0.15, 0.2) is 0 Å². The van der Waals surface area contributed by atoms with Crippen molar-refractivity contribution in [1.29, 1.82) is 0 Å². The first-order valence-electron chi connectivity index (χ1n) is 22.1. The average Bonchev–Trinajstić information content (AvgIpc) is 3.74. The molecular weight excluding hydrogens is 701 g/mol. The standard InChI is InChI=1S/C57H46O/c1-2-15-39(38(14-1)43-21-13-26-51-54(43)45-20-7-10-24-49(45)56(51)36-29-34-28-35(31-36)32-37(56)30-34)46-33-52-55(44-19-4-3-16-40(44)46)58-53-27-12-11-25-50(53)57(52)47-22-8-5-17-41(47)42-18-6-9-23-48(42)57/h1-27,34-37,46,51,54H,28-33H2. The number of hydrogen-bond donors (Lipinski definition) is 0. The Hall–Kier alpha value is -5.66. The van der Waals surface area contributed by atoms with Gasteiger partial charge in [-0.2, -0.15) is 0 Å². The molecular formula is C57H46O. The third-order valence-electron chi connectivity index (χ3n) is 16.9. The van der Waals surface area contributed by atoms with Gasteiger partial charge in [0.25, 0.3) is 0 Å². The Labute approximate surface area is 341 Å². The number of rotatable bonds is 2. The predicted molar refractivity (Wildman–Crippen MR) is 234 cm³/mol. The monoisotopic (exact) mass is 746 g/mol. The first kappa shape index (κ1) is 32.3. The predicted octanol–water partition coefficient (Wildman–Crippen LogP) is 13.4. The van der Waals surface area contributed by atoms with Crippen LogP contribution in [0.5, 0.6) is 5.75 Å². The van der Waals surface area contributed by atoms with Gasteiger partial charge in [-0.05, 0) is 135 Å². The summed E-state index contributed by atoms with van der Waals surface area (Å²) in [4.78, 5) is 0. The largest absolute Gasteiger partial charge is 0.456 e. The normalized spacial score (nSPS) is 30.5. The molecule has 0 N–H and O–H groups in total. The average molecular weight is 747 g/mol. The highest BCUT2D eigenvalue weighted by molar-refractivity contribution is 5.92. The Morgan fingerprint density at radius 3 is 1.71 bits per heavy atom. The summed E-state index contributed by atoms with van der Waals surface area (Å²) in [5.41, 5.74) is 18.2. The van der Waals surface area contributed by atoms with Gasteiger partial charge in [-0.25, -0.2) is 0 Å². The Bertz CT molecular complexity index is 2770. The molecule has 2 spiro atoms. The number of hydrogen-bond acceptors (Lipinski definition) is 1. The maximum Gasteiger partial charge on any atom is 0.135 e. The van der Waals surface area contributed by atoms with Crippen molar-refractivity contribution in [2.75, 3.05) is 0 Å². The zero-order valence-corrected chi connectivity index (χ0v) is 32.8. The van der Waals surface area contributed by atoms with Gasteiger partial charge in [0.2, 0.25) is 0 Å². The summed E-state index contributed by atoms with van der Waals surface area (Å²) >= 11 is 0. The molecule has 4 bridgehead atoms. The van der Waals surface area contributed by atoms with E-state index in [-0.39, 0.29) is 11.3 Å². The second kappa shape index (κ2) is 11.5. The highest BCUT2D eigenvalue weighted by Gasteiger charge is 2.65. The lowest BCUT2D eigenvalue weighted by Gasteiger charge is -2.63. The minimum Gasteiger partial charge on any atom is -0.456 e. The second-order valence-corrected chi connectivity index (χ2v) is 19.0. The van der Waals surface area contributed by atoms with E-state index in [9.17, 15) is 0 Å². The molecule has 280 valence electrons. The molecule has 58 heavy (non-hydrogen) atoms. The van der Waals surface area contributed by atoms with Crippen LogP contribution in [0, 0.1) is 29.6 Å². The van der Waals surface area contributed by atoms with Crippen LogP contribution in [0.25, 0.3) is 22.5 Å². The maximum absolute atomic E-state index is 7.18. The Morgan fingerprint density at radius 1 is 0.483 bits per heavy atom. The molecule has 6 aromatic carbocycles. The van der Waals surface area contributed by atoms with Gasteiger partial charge in [-0.1, -0.05) is 158 Å². The number of benzene rings is 6. The fourth-order valence-electron chi connectivity index (χ4n) is 15.4. The molecule has 0 amide bonds. The number of ether oxygens (including phenoxy) is 1. The van der Waals surface area contributed by atoms with E-state index in [1.54, 1.807) is 11.1 Å². The molecule has 0 saturated heterocycles. The van der Waals surface area contributed by atoms with Crippen molar-refractivity contribution in [2.24, 2.45) is 29.6 Å². The summed E-state index contributed by atoms with van der Waals surface area (Å²) in [6, 6.07) is 55.7. The molecule has 3 atom stereocenters. The van der Waals surface area contributed by atoms with E-state index in [0.29, 0.717) is 11.8 Å². The molecule has 9 aliphatic rings. The van der Waals surface area contributed by atoms with E-state index in [1.165, 1.54) is 93.3 Å². The van der Waals surface area contributed by atoms with Crippen molar-refractivity contribution in [3.63, 3.8) is 0 Å². The summed E-state index contributed by atoms with van der Waals surface area (Å²) in [6.45, 7) is 0. The van der Waals surface area contributed by atoms with Crippen molar-refractivity contribution in [3.8, 4) is 16.9 Å². The molecule has 15 rings (SSSR count). The minimum atomic E-state index is -0.452. The first-order chi connectivity index (χ1) is 28.7. The molecule has 4 fully saturated rings. The van der Waals surface area contributed by atoms with Gasteiger partial charge in [-0.3, -0.25) is 0 Å². The van der Waals surface area contributed by atoms with Gasteiger partial charge in [0.05, 0.1) is 5.41 Å². The molecule has 1 nitrogen and oxygen atoms in total. The van der Waals surface area contributed by atoms with Crippen LogP contribution in [0.4, 0.5) is 0 Å². The summed E-state index contributed by atoms with van der Waals surface area (Å²) in [5, 5.41) is 0. The molecule has 0 radical (unpaired) electrons. The zero-order chi connectivity index (χ0) is 37.7. The first-order valence-corrected chi connectivity index (χ1v) is 22.1. The van der Waals surface area contributed by atoms with Crippen LogP contribution < -0.4 is 4.74 Å². The topological polar surface area (TPSA) is 9.23 Å². The van der Waals surface area contributed by atoms with Crippen molar-refractivity contribution < 1.29 is 4.74 Å². The molecule has 6 aromatic rings. The molecule has 1 heteroatoms. The number of allylic oxidation sites excluding steroid dienone is 5. The smallest absolute Gasteiger partial charge is 0.135 e. The van der Waals surface area contributed by atoms with Crippen LogP contribution in [0.15, 0.2) is 169 Å². The van der Waals surface area contributed by atoms with Gasteiger partial charge < -0.3 is 4.74 Å². The van der Waals surface area contributed by atoms with Gasteiger partial charge in [0.1, 0.15) is 11.5 Å². The van der Waals surface area contributed by atoms with Crippen LogP contribution in [0.1, 0.15) is 100 Å². The molecule has 3 unspecified atom stereocenters. The summed E-state index contributed by atoms with van der Waals surface area (Å²) < 4.78 is 7.18. The molecule has 1 aliphatic heterocycles. The van der Waals surface area contributed by atoms with Crippen molar-refractivity contribution in [2.45, 2.75) is 61.2 Å². The van der Waals surface area contributed by atoms with Gasteiger partial charge >= 0.3 is 0 Å². The maximum atomic E-state index is 7.18. The van der Waals surface area contributed by atoms with Crippen molar-refractivity contribution >= 4 is 11.3 Å². The Kier molecular flexibility index (Phi) is 6.41. The van der Waals surface area contributed by atoms with E-state index >= 15 is 0 Å². The van der Waals surface area contributed by atoms with Gasteiger partial charge in [0, 0.05) is 28.4 Å². The van der Waals surface area contributed by atoms with Crippen LogP contribution in [0.3, 0.4) is 0 Å². The Balaban J connectivity index is 0.964. The summed E-state index contributed by atoms with van der Waals surface area (Å²) in [5.74, 6) is 6.56. The quantitative estimate of drug-likeness (QED) is 0.171. The second-order valence-electron chi connectivity index (χ2n) is 19.0. The fourth-order valence-corrected chi connectivity index (χ4v) is 15.4. The van der Waals surface area contributed by atoms with Crippen LogP contribution in [-0.2, 0) is 10.8 Å². The number of para-hydroxylation sites is 1.